The van der Waals surface area contributed by atoms with Crippen molar-refractivity contribution >= 4 is 16.0 Å². The summed E-state index contributed by atoms with van der Waals surface area (Å²) in [5.41, 5.74) is 2.09. The van der Waals surface area contributed by atoms with E-state index in [1.54, 1.807) is 25.4 Å². The number of imidazole rings is 1. The van der Waals surface area contributed by atoms with Gasteiger partial charge in [-0.2, -0.15) is 0 Å². The van der Waals surface area contributed by atoms with Crippen molar-refractivity contribution in [2.45, 2.75) is 31.8 Å². The van der Waals surface area contributed by atoms with Crippen molar-refractivity contribution in [2.75, 3.05) is 17.2 Å². The number of H-pyrrole nitrogens is 1. The van der Waals surface area contributed by atoms with Crippen molar-refractivity contribution in [1.82, 2.24) is 14.7 Å². The van der Waals surface area contributed by atoms with Crippen molar-refractivity contribution in [2.24, 2.45) is 0 Å². The van der Waals surface area contributed by atoms with Crippen LogP contribution in [0.3, 0.4) is 0 Å². The highest BCUT2D eigenvalue weighted by Crippen LogP contribution is 2.28. The smallest absolute Gasteiger partial charge is 0.211 e. The number of aromatic amines is 1. The molecule has 3 aromatic rings. The van der Waals surface area contributed by atoms with Crippen LogP contribution in [0, 0.1) is 11.6 Å². The fourth-order valence-electron chi connectivity index (χ4n) is 4.07. The summed E-state index contributed by atoms with van der Waals surface area (Å²) in [6.45, 7) is 2.27. The number of benzene rings is 2. The maximum atomic E-state index is 13.7. The van der Waals surface area contributed by atoms with Crippen molar-refractivity contribution in [1.29, 1.82) is 0 Å². The van der Waals surface area contributed by atoms with Gasteiger partial charge in [0.05, 0.1) is 11.8 Å². The van der Waals surface area contributed by atoms with Gasteiger partial charge in [-0.15, -0.1) is 0 Å². The largest absolute Gasteiger partial charge is 0.337 e. The van der Waals surface area contributed by atoms with Crippen LogP contribution >= 0.6 is 0 Å². The minimum atomic E-state index is -3.37. The van der Waals surface area contributed by atoms with Crippen LogP contribution < -0.4 is 9.62 Å². The second-order valence-electron chi connectivity index (χ2n) is 7.65. The lowest BCUT2D eigenvalue weighted by molar-refractivity contribution is 0.511. The quantitative estimate of drug-likeness (QED) is 0.583. The van der Waals surface area contributed by atoms with Gasteiger partial charge in [0.1, 0.15) is 11.6 Å². The number of hydrogen-bond donors (Lipinski definition) is 2. The van der Waals surface area contributed by atoms with E-state index < -0.39 is 21.7 Å². The maximum Gasteiger partial charge on any atom is 0.211 e. The summed E-state index contributed by atoms with van der Waals surface area (Å²) in [4.78, 5) is 9.50. The molecule has 1 saturated heterocycles. The highest BCUT2D eigenvalue weighted by atomic mass is 32.2. The molecule has 31 heavy (non-hydrogen) atoms. The Morgan fingerprint density at radius 1 is 1.16 bits per heavy atom. The zero-order valence-electron chi connectivity index (χ0n) is 17.1. The highest BCUT2D eigenvalue weighted by Gasteiger charge is 2.37. The summed E-state index contributed by atoms with van der Waals surface area (Å²) in [6, 6.07) is 10.5. The molecule has 0 spiro atoms. The Morgan fingerprint density at radius 3 is 2.61 bits per heavy atom. The van der Waals surface area contributed by atoms with Crippen LogP contribution in [0.2, 0.25) is 0 Å². The van der Waals surface area contributed by atoms with Gasteiger partial charge in [-0.25, -0.2) is 26.9 Å². The zero-order chi connectivity index (χ0) is 22.0. The first-order valence-electron chi connectivity index (χ1n) is 10.2. The molecule has 164 valence electrons. The average Bonchev–Trinajstić information content (AvgIpc) is 3.38. The molecule has 1 aliphatic rings. The van der Waals surface area contributed by atoms with Gasteiger partial charge in [0.2, 0.25) is 16.0 Å². The zero-order valence-corrected chi connectivity index (χ0v) is 17.9. The number of sulfonamides is 1. The Hall–Kier alpha value is -2.78. The number of aromatic nitrogens is 2. The number of hydrogen-bond acceptors (Lipinski definition) is 4. The van der Waals surface area contributed by atoms with Gasteiger partial charge in [-0.05, 0) is 48.6 Å². The molecule has 0 bridgehead atoms. The van der Waals surface area contributed by atoms with Gasteiger partial charge in [0.25, 0.3) is 0 Å². The lowest BCUT2D eigenvalue weighted by Crippen LogP contribution is -2.47. The van der Waals surface area contributed by atoms with Gasteiger partial charge in [-0.3, -0.25) is 0 Å². The van der Waals surface area contributed by atoms with Gasteiger partial charge >= 0.3 is 0 Å². The van der Waals surface area contributed by atoms with Crippen molar-refractivity contribution in [3.05, 3.63) is 72.1 Å². The lowest BCUT2D eigenvalue weighted by atomic mass is 9.97. The molecule has 0 aliphatic carbocycles. The van der Waals surface area contributed by atoms with Crippen LogP contribution in [-0.2, 0) is 16.4 Å². The van der Waals surface area contributed by atoms with Crippen LogP contribution in [0.1, 0.15) is 18.9 Å². The van der Waals surface area contributed by atoms with Crippen molar-refractivity contribution in [3.8, 4) is 11.1 Å². The molecule has 2 aromatic carbocycles. The molecule has 0 radical (unpaired) electrons. The molecule has 1 fully saturated rings. The summed E-state index contributed by atoms with van der Waals surface area (Å²) in [5.74, 6) is -0.563. The van der Waals surface area contributed by atoms with Gasteiger partial charge in [-0.1, -0.05) is 24.3 Å². The predicted octanol–water partition coefficient (Wildman–Crippen LogP) is 3.48. The summed E-state index contributed by atoms with van der Waals surface area (Å²) in [5, 5.41) is 0. The minimum absolute atomic E-state index is 0.0115. The van der Waals surface area contributed by atoms with E-state index in [1.807, 2.05) is 18.2 Å². The first-order chi connectivity index (χ1) is 14.8. The number of rotatable bonds is 7. The van der Waals surface area contributed by atoms with E-state index in [2.05, 4.69) is 19.6 Å². The Kier molecular flexibility index (Phi) is 6.06. The Balaban J connectivity index is 1.64. The van der Waals surface area contributed by atoms with Crippen LogP contribution in [0.25, 0.3) is 11.1 Å². The number of nitrogens with zero attached hydrogens (tertiary/aromatic N) is 2. The molecule has 6 nitrogen and oxygen atoms in total. The Morgan fingerprint density at radius 2 is 1.94 bits per heavy atom. The van der Waals surface area contributed by atoms with E-state index in [9.17, 15) is 17.2 Å². The standard InChI is InChI=1S/C22H24F2N4O2S/c1-2-31(29,30)27-20-6-9-28(22-25-7-8-26-22)21(20)11-15-4-3-5-16(10-15)17-12-18(23)14-19(24)13-17/h3-5,7-8,10,12-14,20-21,27H,2,6,9,11H2,1H3,(H,25,26)/t20-,21-/m0/s1. The summed E-state index contributed by atoms with van der Waals surface area (Å²) in [6.07, 6.45) is 4.59. The van der Waals surface area contributed by atoms with Gasteiger partial charge in [0, 0.05) is 31.0 Å². The van der Waals surface area contributed by atoms with E-state index in [0.717, 1.165) is 11.6 Å². The monoisotopic (exact) mass is 446 g/mol. The van der Waals surface area contributed by atoms with Gasteiger partial charge < -0.3 is 9.88 Å². The Bertz CT molecular complexity index is 1130. The first kappa shape index (κ1) is 21.5. The SMILES string of the molecule is CCS(=O)(=O)N[C@H]1CCN(c2ncc[nH]2)[C@H]1Cc1cccc(-c2cc(F)cc(F)c2)c1. The summed E-state index contributed by atoms with van der Waals surface area (Å²) < 4.78 is 54.6. The number of anilines is 1. The molecule has 4 rings (SSSR count). The van der Waals surface area contributed by atoms with E-state index in [1.165, 1.54) is 12.1 Å². The van der Waals surface area contributed by atoms with Crippen LogP contribution in [-0.4, -0.2) is 42.8 Å². The normalized spacial score (nSPS) is 19.1. The van der Waals surface area contributed by atoms with Gasteiger partial charge in [0.15, 0.2) is 0 Å². The maximum absolute atomic E-state index is 13.7. The second kappa shape index (κ2) is 8.76. The fourth-order valence-corrected chi connectivity index (χ4v) is 4.98. The molecule has 2 N–H and O–H groups in total. The van der Waals surface area contributed by atoms with E-state index in [4.69, 9.17) is 0 Å². The molecule has 2 atom stereocenters. The van der Waals surface area contributed by atoms with Crippen molar-refractivity contribution < 1.29 is 17.2 Å². The third-order valence-corrected chi connectivity index (χ3v) is 7.00. The van der Waals surface area contributed by atoms with E-state index >= 15 is 0 Å². The molecular formula is C22H24F2N4O2S. The summed E-state index contributed by atoms with van der Waals surface area (Å²) in [7, 11) is -3.37. The second-order valence-corrected chi connectivity index (χ2v) is 9.70. The molecule has 0 amide bonds. The third-order valence-electron chi connectivity index (χ3n) is 5.58. The molecule has 0 saturated carbocycles. The molecular weight excluding hydrogens is 422 g/mol. The van der Waals surface area contributed by atoms with E-state index in [0.29, 0.717) is 36.5 Å². The minimum Gasteiger partial charge on any atom is -0.337 e. The third kappa shape index (κ3) is 4.94. The Labute approximate surface area is 180 Å². The molecule has 0 unspecified atom stereocenters. The molecule has 9 heteroatoms. The molecule has 2 heterocycles. The van der Waals surface area contributed by atoms with Crippen LogP contribution in [0.15, 0.2) is 54.9 Å². The highest BCUT2D eigenvalue weighted by molar-refractivity contribution is 7.89. The molecule has 1 aliphatic heterocycles. The predicted molar refractivity (Wildman–Crippen MR) is 116 cm³/mol. The number of nitrogens with one attached hydrogen (secondary N) is 2. The fraction of sp³-hybridized carbons (Fsp3) is 0.318. The lowest BCUT2D eigenvalue weighted by Gasteiger charge is -2.28. The number of halogens is 2. The van der Waals surface area contributed by atoms with Crippen molar-refractivity contribution in [3.63, 3.8) is 0 Å². The van der Waals surface area contributed by atoms with Crippen LogP contribution in [0.4, 0.5) is 14.7 Å². The summed E-state index contributed by atoms with van der Waals surface area (Å²) >= 11 is 0. The topological polar surface area (TPSA) is 78.1 Å². The van der Waals surface area contributed by atoms with E-state index in [-0.39, 0.29) is 17.8 Å². The average molecular weight is 447 g/mol. The first-order valence-corrected chi connectivity index (χ1v) is 11.8. The van der Waals surface area contributed by atoms with Crippen LogP contribution in [0.5, 0.6) is 0 Å². The molecule has 1 aromatic heterocycles.